The maximum atomic E-state index is 13.3. The molecule has 3 heterocycles. The van der Waals surface area contributed by atoms with Crippen LogP contribution in [0.3, 0.4) is 0 Å². The summed E-state index contributed by atoms with van der Waals surface area (Å²) in [4.78, 5) is 39.3. The van der Waals surface area contributed by atoms with Gasteiger partial charge in [-0.2, -0.15) is 0 Å². The summed E-state index contributed by atoms with van der Waals surface area (Å²) < 4.78 is 11.5. The van der Waals surface area contributed by atoms with Gasteiger partial charge in [-0.1, -0.05) is 6.07 Å². The Morgan fingerprint density at radius 1 is 1.31 bits per heavy atom. The van der Waals surface area contributed by atoms with Gasteiger partial charge in [-0.25, -0.2) is 0 Å². The fourth-order valence-electron chi connectivity index (χ4n) is 5.22. The highest BCUT2D eigenvalue weighted by Gasteiger charge is 2.46. The van der Waals surface area contributed by atoms with Crippen LogP contribution in [0.5, 0.6) is 5.75 Å². The first-order valence-corrected chi connectivity index (χ1v) is 11.3. The molecule has 1 fully saturated rings. The molecule has 3 N–H and O–H groups in total. The Morgan fingerprint density at radius 3 is 2.62 bits per heavy atom. The number of fused-ring (bicyclic) bond motifs is 4. The van der Waals surface area contributed by atoms with Crippen molar-refractivity contribution in [2.24, 2.45) is 5.73 Å². The number of nitrogens with two attached hydrogens (primary N) is 1. The highest BCUT2D eigenvalue weighted by atomic mass is 16.6. The minimum Gasteiger partial charge on any atom is -0.492 e. The summed E-state index contributed by atoms with van der Waals surface area (Å²) in [6.45, 7) is 10.1. The fraction of sp³-hybridized carbons (Fsp3) is 0.625. The Labute approximate surface area is 188 Å². The summed E-state index contributed by atoms with van der Waals surface area (Å²) in [5.74, 6) is -0.484. The van der Waals surface area contributed by atoms with E-state index in [1.807, 2.05) is 6.92 Å². The predicted molar refractivity (Wildman–Crippen MR) is 118 cm³/mol. The van der Waals surface area contributed by atoms with Crippen LogP contribution in [0.2, 0.25) is 0 Å². The Balaban J connectivity index is 1.59. The van der Waals surface area contributed by atoms with Crippen LogP contribution in [-0.4, -0.2) is 54.0 Å². The molecule has 1 unspecified atom stereocenters. The van der Waals surface area contributed by atoms with E-state index >= 15 is 0 Å². The van der Waals surface area contributed by atoms with Gasteiger partial charge in [0.15, 0.2) is 0 Å². The lowest BCUT2D eigenvalue weighted by Crippen LogP contribution is -2.45. The predicted octanol–water partition coefficient (Wildman–Crippen LogP) is 1.94. The van der Waals surface area contributed by atoms with E-state index in [4.69, 9.17) is 15.2 Å². The van der Waals surface area contributed by atoms with E-state index in [1.54, 1.807) is 20.8 Å². The molecule has 8 heteroatoms. The average molecular weight is 444 g/mol. The minimum absolute atomic E-state index is 0.00863. The van der Waals surface area contributed by atoms with E-state index < -0.39 is 23.5 Å². The maximum Gasteiger partial charge on any atom is 0.306 e. The van der Waals surface area contributed by atoms with Crippen molar-refractivity contribution < 1.29 is 23.9 Å². The van der Waals surface area contributed by atoms with Crippen LogP contribution in [0, 0.1) is 6.92 Å². The molecule has 4 rings (SSSR count). The number of carbonyl (C=O) groups is 3. The van der Waals surface area contributed by atoms with Gasteiger partial charge in [-0.15, -0.1) is 0 Å². The monoisotopic (exact) mass is 443 g/mol. The largest absolute Gasteiger partial charge is 0.492 e. The molecule has 1 saturated heterocycles. The molecule has 3 aliphatic heterocycles. The summed E-state index contributed by atoms with van der Waals surface area (Å²) in [6, 6.07) is 1.21. The molecule has 1 aromatic rings. The molecule has 1 spiro atoms. The number of amides is 2. The first-order valence-electron chi connectivity index (χ1n) is 11.3. The van der Waals surface area contributed by atoms with Gasteiger partial charge in [0, 0.05) is 23.0 Å². The molecule has 1 atom stereocenters. The minimum atomic E-state index is -0.883. The number of aryl methyl sites for hydroxylation is 1. The van der Waals surface area contributed by atoms with Gasteiger partial charge >= 0.3 is 5.97 Å². The summed E-state index contributed by atoms with van der Waals surface area (Å²) in [7, 11) is 0. The standard InChI is InChI=1S/C24H33N3O5/c1-14-11-16-20(31-13-24(16)7-9-26-10-8-24)15-12-27(22(30)19(14)15)17(21(25)29)5-6-18(28)32-23(2,3)4/h11,17,26H,5-10,12-13H2,1-4H3,(H2,25,29). The van der Waals surface area contributed by atoms with Crippen molar-refractivity contribution in [1.29, 1.82) is 0 Å². The van der Waals surface area contributed by atoms with E-state index in [9.17, 15) is 14.4 Å². The normalized spacial score (nSPS) is 20.0. The second kappa shape index (κ2) is 8.06. The van der Waals surface area contributed by atoms with Gasteiger partial charge in [-0.05, 0) is 65.6 Å². The smallest absolute Gasteiger partial charge is 0.306 e. The van der Waals surface area contributed by atoms with E-state index in [0.717, 1.165) is 42.8 Å². The van der Waals surface area contributed by atoms with E-state index in [0.29, 0.717) is 12.2 Å². The van der Waals surface area contributed by atoms with Crippen molar-refractivity contribution >= 4 is 17.8 Å². The van der Waals surface area contributed by atoms with Crippen molar-refractivity contribution in [1.82, 2.24) is 10.2 Å². The van der Waals surface area contributed by atoms with Crippen molar-refractivity contribution in [3.63, 3.8) is 0 Å². The molecule has 1 aromatic carbocycles. The lowest BCUT2D eigenvalue weighted by atomic mass is 9.74. The zero-order valence-electron chi connectivity index (χ0n) is 19.4. The number of hydrogen-bond acceptors (Lipinski definition) is 6. The number of nitrogens with one attached hydrogen (secondary N) is 1. The van der Waals surface area contributed by atoms with E-state index in [-0.39, 0.29) is 30.7 Å². The van der Waals surface area contributed by atoms with Crippen molar-refractivity contribution in [3.8, 4) is 5.75 Å². The lowest BCUT2D eigenvalue weighted by molar-refractivity contribution is -0.155. The topological polar surface area (TPSA) is 111 Å². The van der Waals surface area contributed by atoms with Crippen LogP contribution in [0.1, 0.15) is 73.5 Å². The third-order valence-corrected chi connectivity index (χ3v) is 6.75. The molecule has 32 heavy (non-hydrogen) atoms. The zero-order valence-corrected chi connectivity index (χ0v) is 19.4. The molecular formula is C24H33N3O5. The number of ether oxygens (including phenoxy) is 2. The lowest BCUT2D eigenvalue weighted by Gasteiger charge is -2.32. The van der Waals surface area contributed by atoms with E-state index in [1.165, 1.54) is 10.5 Å². The summed E-state index contributed by atoms with van der Waals surface area (Å²) >= 11 is 0. The van der Waals surface area contributed by atoms with Gasteiger partial charge in [-0.3, -0.25) is 14.4 Å². The Kier molecular flexibility index (Phi) is 5.69. The van der Waals surface area contributed by atoms with E-state index in [2.05, 4.69) is 11.4 Å². The van der Waals surface area contributed by atoms with Gasteiger partial charge < -0.3 is 25.4 Å². The van der Waals surface area contributed by atoms with Gasteiger partial charge in [0.1, 0.15) is 17.4 Å². The number of esters is 1. The second-order valence-electron chi connectivity index (χ2n) is 10.2. The van der Waals surface area contributed by atoms with Crippen molar-refractivity contribution in [2.45, 2.75) is 77.0 Å². The number of carbonyl (C=O) groups excluding carboxylic acids is 3. The molecule has 8 nitrogen and oxygen atoms in total. The Bertz CT molecular complexity index is 959. The fourth-order valence-corrected chi connectivity index (χ4v) is 5.22. The number of hydrogen-bond donors (Lipinski definition) is 2. The van der Waals surface area contributed by atoms with Crippen molar-refractivity contribution in [3.05, 3.63) is 28.3 Å². The van der Waals surface area contributed by atoms with Crippen LogP contribution in [0.4, 0.5) is 0 Å². The first kappa shape index (κ1) is 22.6. The number of nitrogens with zero attached hydrogens (tertiary/aromatic N) is 1. The average Bonchev–Trinajstić information content (AvgIpc) is 3.21. The first-order chi connectivity index (χ1) is 15.0. The number of primary amides is 1. The van der Waals surface area contributed by atoms with Gasteiger partial charge in [0.2, 0.25) is 5.91 Å². The zero-order chi connectivity index (χ0) is 23.3. The Hall–Kier alpha value is -2.61. The molecule has 0 radical (unpaired) electrons. The van der Waals surface area contributed by atoms with Crippen LogP contribution >= 0.6 is 0 Å². The van der Waals surface area contributed by atoms with Crippen LogP contribution in [0.25, 0.3) is 0 Å². The molecule has 174 valence electrons. The van der Waals surface area contributed by atoms with Crippen molar-refractivity contribution in [2.75, 3.05) is 19.7 Å². The molecular weight excluding hydrogens is 410 g/mol. The SMILES string of the molecule is Cc1cc2c(c3c1C(=O)N(C(CCC(=O)OC(C)(C)C)C(N)=O)C3)OCC21CCNCC1. The molecule has 0 bridgehead atoms. The van der Waals surface area contributed by atoms with Crippen LogP contribution in [0.15, 0.2) is 6.07 Å². The number of benzene rings is 1. The summed E-state index contributed by atoms with van der Waals surface area (Å²) in [5.41, 5.74) is 8.54. The van der Waals surface area contributed by atoms with Gasteiger partial charge in [0.05, 0.1) is 18.7 Å². The van der Waals surface area contributed by atoms with Crippen LogP contribution in [-0.2, 0) is 26.3 Å². The molecule has 0 saturated carbocycles. The molecule has 3 aliphatic rings. The maximum absolute atomic E-state index is 13.3. The molecule has 0 aromatic heterocycles. The third kappa shape index (κ3) is 3.96. The highest BCUT2D eigenvalue weighted by Crippen LogP contribution is 2.49. The van der Waals surface area contributed by atoms with Crippen LogP contribution < -0.4 is 15.8 Å². The summed E-state index contributed by atoms with van der Waals surface area (Å²) in [5, 5.41) is 3.41. The quantitative estimate of drug-likeness (QED) is 0.673. The molecule has 0 aliphatic carbocycles. The highest BCUT2D eigenvalue weighted by molar-refractivity contribution is 6.03. The summed E-state index contributed by atoms with van der Waals surface area (Å²) in [6.07, 6.45) is 2.13. The third-order valence-electron chi connectivity index (χ3n) is 6.75. The number of rotatable bonds is 5. The Morgan fingerprint density at radius 2 is 2.00 bits per heavy atom. The second-order valence-corrected chi connectivity index (χ2v) is 10.2. The molecule has 2 amide bonds. The number of piperidine rings is 1. The van der Waals surface area contributed by atoms with Gasteiger partial charge in [0.25, 0.3) is 5.91 Å².